The summed E-state index contributed by atoms with van der Waals surface area (Å²) in [5.41, 5.74) is 4.32. The predicted molar refractivity (Wildman–Crippen MR) is 122 cm³/mol. The van der Waals surface area contributed by atoms with Crippen molar-refractivity contribution in [2.75, 3.05) is 12.3 Å². The SMILES string of the molecule is Nc1ccn([C@@H]2O[C@H](COC(=O)CCCCCCCCCCCCC(=O)O)[C@@H](O)C2(F)F)c(=O)n1. The van der Waals surface area contributed by atoms with Gasteiger partial charge in [-0.1, -0.05) is 51.4 Å². The summed E-state index contributed by atoms with van der Waals surface area (Å²) < 4.78 is 39.6. The predicted octanol–water partition coefficient (Wildman–Crippen LogP) is 3.03. The van der Waals surface area contributed by atoms with Gasteiger partial charge >= 0.3 is 23.6 Å². The minimum atomic E-state index is -3.79. The molecule has 198 valence electrons. The molecule has 1 aliphatic rings. The zero-order valence-corrected chi connectivity index (χ0v) is 19.7. The number of carbonyl (C=O) groups is 2. The number of aliphatic hydroxyl groups is 1. The van der Waals surface area contributed by atoms with Crippen molar-refractivity contribution in [3.05, 3.63) is 22.7 Å². The lowest BCUT2D eigenvalue weighted by Crippen LogP contribution is -2.42. The number of alkyl halides is 2. The molecule has 0 spiro atoms. The van der Waals surface area contributed by atoms with E-state index in [1.807, 2.05) is 0 Å². The number of nitrogens with two attached hydrogens (primary N) is 1. The first-order valence-corrected chi connectivity index (χ1v) is 12.1. The van der Waals surface area contributed by atoms with Crippen molar-refractivity contribution in [2.45, 2.75) is 101 Å². The molecular formula is C23H35F2N3O7. The molecular weight excluding hydrogens is 468 g/mol. The molecule has 35 heavy (non-hydrogen) atoms. The molecule has 0 radical (unpaired) electrons. The van der Waals surface area contributed by atoms with E-state index in [2.05, 4.69) is 4.98 Å². The normalized spacial score (nSPS) is 21.2. The van der Waals surface area contributed by atoms with Crippen LogP contribution >= 0.6 is 0 Å². The van der Waals surface area contributed by atoms with Crippen molar-refractivity contribution in [1.29, 1.82) is 0 Å². The Balaban J connectivity index is 1.58. The molecule has 2 heterocycles. The number of hydrogen-bond acceptors (Lipinski definition) is 8. The van der Waals surface area contributed by atoms with Gasteiger partial charge in [0.15, 0.2) is 6.10 Å². The molecule has 4 N–H and O–H groups in total. The van der Waals surface area contributed by atoms with E-state index in [1.54, 1.807) is 0 Å². The molecule has 12 heteroatoms. The molecule has 0 bridgehead atoms. The van der Waals surface area contributed by atoms with Crippen molar-refractivity contribution < 1.29 is 38.1 Å². The minimum Gasteiger partial charge on any atom is -0.481 e. The molecule has 1 fully saturated rings. The van der Waals surface area contributed by atoms with Gasteiger partial charge < -0.3 is 25.4 Å². The number of halogens is 2. The van der Waals surface area contributed by atoms with Gasteiger partial charge in [0, 0.05) is 19.0 Å². The van der Waals surface area contributed by atoms with Gasteiger partial charge in [0.1, 0.15) is 18.5 Å². The number of carboxylic acids is 1. The van der Waals surface area contributed by atoms with Gasteiger partial charge in [0.2, 0.25) is 6.23 Å². The topological polar surface area (TPSA) is 154 Å². The first-order chi connectivity index (χ1) is 16.6. The summed E-state index contributed by atoms with van der Waals surface area (Å²) in [6, 6.07) is 1.16. The Kier molecular flexibility index (Phi) is 11.5. The van der Waals surface area contributed by atoms with Crippen LogP contribution in [0.3, 0.4) is 0 Å². The number of hydrogen-bond donors (Lipinski definition) is 3. The maximum absolute atomic E-state index is 14.5. The highest BCUT2D eigenvalue weighted by Crippen LogP contribution is 2.42. The zero-order valence-electron chi connectivity index (χ0n) is 19.7. The molecule has 1 saturated heterocycles. The lowest BCUT2D eigenvalue weighted by Gasteiger charge is -2.20. The molecule has 1 aliphatic heterocycles. The Bertz CT molecular complexity index is 881. The van der Waals surface area contributed by atoms with Gasteiger partial charge in [0.05, 0.1) is 0 Å². The molecule has 10 nitrogen and oxygen atoms in total. The number of rotatable bonds is 16. The fourth-order valence-electron chi connectivity index (χ4n) is 3.92. The number of unbranched alkanes of at least 4 members (excludes halogenated alkanes) is 9. The van der Waals surface area contributed by atoms with Crippen LogP contribution in [0.5, 0.6) is 0 Å². The maximum Gasteiger partial charge on any atom is 0.351 e. The second kappa shape index (κ2) is 14.1. The number of carbonyl (C=O) groups excluding carboxylic acids is 1. The molecule has 1 aromatic heterocycles. The van der Waals surface area contributed by atoms with Crippen molar-refractivity contribution in [3.8, 4) is 0 Å². The Hall–Kier alpha value is -2.60. The van der Waals surface area contributed by atoms with Crippen LogP contribution in [0.1, 0.15) is 83.3 Å². The van der Waals surface area contributed by atoms with E-state index in [0.717, 1.165) is 70.1 Å². The van der Waals surface area contributed by atoms with Gasteiger partial charge in [0.25, 0.3) is 0 Å². The van der Waals surface area contributed by atoms with E-state index in [-0.39, 0.29) is 18.7 Å². The summed E-state index contributed by atoms with van der Waals surface area (Å²) in [6.45, 7) is -0.560. The summed E-state index contributed by atoms with van der Waals surface area (Å²) in [6.07, 6.45) is 4.95. The van der Waals surface area contributed by atoms with Crippen LogP contribution in [0.25, 0.3) is 0 Å². The molecule has 0 unspecified atom stereocenters. The molecule has 2 rings (SSSR count). The van der Waals surface area contributed by atoms with Gasteiger partial charge in [-0.2, -0.15) is 13.8 Å². The van der Waals surface area contributed by atoms with Crippen LogP contribution in [0.15, 0.2) is 17.1 Å². The Labute approximate surface area is 202 Å². The van der Waals surface area contributed by atoms with E-state index in [0.29, 0.717) is 11.0 Å². The monoisotopic (exact) mass is 503 g/mol. The zero-order chi connectivity index (χ0) is 25.8. The first kappa shape index (κ1) is 28.6. The summed E-state index contributed by atoms with van der Waals surface area (Å²) in [5, 5.41) is 18.5. The van der Waals surface area contributed by atoms with Crippen molar-refractivity contribution in [2.24, 2.45) is 0 Å². The second-order valence-electron chi connectivity index (χ2n) is 8.80. The lowest BCUT2D eigenvalue weighted by molar-refractivity contribution is -0.150. The van der Waals surface area contributed by atoms with Gasteiger partial charge in [-0.3, -0.25) is 14.2 Å². The summed E-state index contributed by atoms with van der Waals surface area (Å²) >= 11 is 0. The fraction of sp³-hybridized carbons (Fsp3) is 0.739. The minimum absolute atomic E-state index is 0.132. The third-order valence-electron chi connectivity index (χ3n) is 5.91. The van der Waals surface area contributed by atoms with Gasteiger partial charge in [-0.15, -0.1) is 0 Å². The quantitative estimate of drug-likeness (QED) is 0.228. The second-order valence-corrected chi connectivity index (χ2v) is 8.80. The summed E-state index contributed by atoms with van der Waals surface area (Å²) in [7, 11) is 0. The average Bonchev–Trinajstić information content (AvgIpc) is 3.01. The standard InChI is InChI=1S/C23H35F2N3O7/c24-23(25)20(32)16(35-21(23)28-14-13-17(26)27-22(28)33)15-34-19(31)12-10-8-6-4-2-1-3-5-7-9-11-18(29)30/h13-14,16,20-21,32H,1-12,15H2,(H,29,30)(H2,26,27,33)/t16-,20-,21-/m1/s1. The number of ether oxygens (including phenoxy) is 2. The highest BCUT2D eigenvalue weighted by molar-refractivity contribution is 5.69. The third-order valence-corrected chi connectivity index (χ3v) is 5.91. The van der Waals surface area contributed by atoms with E-state index in [9.17, 15) is 28.3 Å². The average molecular weight is 504 g/mol. The van der Waals surface area contributed by atoms with Gasteiger partial charge in [-0.05, 0) is 18.9 Å². The van der Waals surface area contributed by atoms with Crippen molar-refractivity contribution >= 4 is 17.8 Å². The number of aliphatic hydroxyl groups excluding tert-OH is 1. The highest BCUT2D eigenvalue weighted by Gasteiger charge is 2.60. The number of anilines is 1. The molecule has 1 aromatic rings. The highest BCUT2D eigenvalue weighted by atomic mass is 19.3. The molecule has 3 atom stereocenters. The Morgan fingerprint density at radius 2 is 1.60 bits per heavy atom. The summed E-state index contributed by atoms with van der Waals surface area (Å²) in [4.78, 5) is 37.6. The molecule has 0 amide bonds. The van der Waals surface area contributed by atoms with Crippen LogP contribution in [-0.2, 0) is 19.1 Å². The number of esters is 1. The molecule has 0 aliphatic carbocycles. The van der Waals surface area contributed by atoms with Crippen LogP contribution in [0.2, 0.25) is 0 Å². The lowest BCUT2D eigenvalue weighted by atomic mass is 10.1. The number of carboxylic acid groups (broad SMARTS) is 1. The maximum atomic E-state index is 14.5. The Morgan fingerprint density at radius 3 is 2.14 bits per heavy atom. The van der Waals surface area contributed by atoms with E-state index >= 15 is 0 Å². The van der Waals surface area contributed by atoms with Crippen molar-refractivity contribution in [3.63, 3.8) is 0 Å². The molecule has 0 aromatic carbocycles. The van der Waals surface area contributed by atoms with Gasteiger partial charge in [-0.25, -0.2) is 4.79 Å². The largest absolute Gasteiger partial charge is 0.481 e. The van der Waals surface area contributed by atoms with Crippen LogP contribution in [0.4, 0.5) is 14.6 Å². The summed E-state index contributed by atoms with van der Waals surface area (Å²) in [5.74, 6) is -5.25. The third kappa shape index (κ3) is 9.17. The molecule has 0 saturated carbocycles. The van der Waals surface area contributed by atoms with E-state index in [1.165, 1.54) is 0 Å². The van der Waals surface area contributed by atoms with Crippen LogP contribution in [-0.4, -0.2) is 56.4 Å². The smallest absolute Gasteiger partial charge is 0.351 e. The van der Waals surface area contributed by atoms with Crippen LogP contribution in [0, 0.1) is 0 Å². The van der Waals surface area contributed by atoms with Crippen molar-refractivity contribution in [1.82, 2.24) is 9.55 Å². The number of nitrogen functional groups attached to an aromatic ring is 1. The number of nitrogens with zero attached hydrogens (tertiary/aromatic N) is 2. The fourth-order valence-corrected chi connectivity index (χ4v) is 3.92. The van der Waals surface area contributed by atoms with E-state index < -0.39 is 48.6 Å². The number of aliphatic carboxylic acids is 1. The van der Waals surface area contributed by atoms with E-state index in [4.69, 9.17) is 20.3 Å². The first-order valence-electron chi connectivity index (χ1n) is 12.1. The number of aromatic nitrogens is 2. The van der Waals surface area contributed by atoms with Crippen LogP contribution < -0.4 is 11.4 Å². The Morgan fingerprint density at radius 1 is 1.06 bits per heavy atom.